The number of rotatable bonds is 2. The summed E-state index contributed by atoms with van der Waals surface area (Å²) in [5.74, 6) is 0.145. The van der Waals surface area contributed by atoms with Gasteiger partial charge in [-0.1, -0.05) is 30.1 Å². The minimum Gasteiger partial charge on any atom is -0.315 e. The minimum atomic E-state index is -3.62. The number of benzene rings is 1. The molecule has 0 bridgehead atoms. The Morgan fingerprint density at radius 1 is 1.32 bits per heavy atom. The lowest BCUT2D eigenvalue weighted by Gasteiger charge is -2.36. The van der Waals surface area contributed by atoms with Crippen molar-refractivity contribution >= 4 is 33.2 Å². The van der Waals surface area contributed by atoms with Gasteiger partial charge in [-0.3, -0.25) is 0 Å². The number of hydrogen-bond donors (Lipinski definition) is 1. The topological polar surface area (TPSA) is 63.4 Å². The van der Waals surface area contributed by atoms with Crippen molar-refractivity contribution in [2.75, 3.05) is 6.54 Å². The predicted octanol–water partition coefficient (Wildman–Crippen LogP) is 2.70. The van der Waals surface area contributed by atoms with Crippen LogP contribution in [0.2, 0.25) is 10.0 Å². The highest BCUT2D eigenvalue weighted by Gasteiger charge is 2.35. The van der Waals surface area contributed by atoms with Gasteiger partial charge >= 0.3 is 0 Å². The molecule has 1 aliphatic rings. The maximum absolute atomic E-state index is 12.6. The second-order valence-electron chi connectivity index (χ2n) is 4.80. The molecule has 0 spiro atoms. The molecule has 1 heterocycles. The molecule has 7 heteroatoms. The maximum Gasteiger partial charge on any atom is 0.244 e. The Morgan fingerprint density at radius 3 is 2.63 bits per heavy atom. The molecule has 0 aromatic heterocycles. The molecule has 19 heavy (non-hydrogen) atoms. The van der Waals surface area contributed by atoms with Crippen molar-refractivity contribution in [1.82, 2.24) is 4.31 Å². The summed E-state index contributed by atoms with van der Waals surface area (Å²) in [6.45, 7) is 2.40. The summed E-state index contributed by atoms with van der Waals surface area (Å²) in [6.07, 6.45) is 1.26. The summed E-state index contributed by atoms with van der Waals surface area (Å²) < 4.78 is 26.4. The van der Waals surface area contributed by atoms with Crippen LogP contribution in [-0.4, -0.2) is 25.4 Å². The van der Waals surface area contributed by atoms with E-state index in [0.29, 0.717) is 11.6 Å². The van der Waals surface area contributed by atoms with Crippen LogP contribution in [0.3, 0.4) is 0 Å². The lowest BCUT2D eigenvalue weighted by molar-refractivity contribution is 0.192. The van der Waals surface area contributed by atoms with E-state index in [4.69, 9.17) is 28.9 Å². The van der Waals surface area contributed by atoms with Crippen molar-refractivity contribution in [2.45, 2.75) is 30.8 Å². The molecule has 2 unspecified atom stereocenters. The van der Waals surface area contributed by atoms with Gasteiger partial charge in [0.2, 0.25) is 10.0 Å². The van der Waals surface area contributed by atoms with Gasteiger partial charge in [-0.2, -0.15) is 4.31 Å². The Balaban J connectivity index is 2.38. The first kappa shape index (κ1) is 15.1. The van der Waals surface area contributed by atoms with Gasteiger partial charge in [0.25, 0.3) is 0 Å². The third-order valence-electron chi connectivity index (χ3n) is 3.45. The first-order chi connectivity index (χ1) is 8.84. The summed E-state index contributed by atoms with van der Waals surface area (Å²) in [6, 6.07) is 4.30. The standard InChI is InChI=1S/C12H16Cl2N2O2S/c1-8-3-2-6-16(12(8)15)19(17,18)9-4-5-10(13)11(14)7-9/h4-5,7-8,12H,2-3,6,15H2,1H3. The van der Waals surface area contributed by atoms with Crippen molar-refractivity contribution in [2.24, 2.45) is 11.7 Å². The van der Waals surface area contributed by atoms with Crippen LogP contribution in [-0.2, 0) is 10.0 Å². The van der Waals surface area contributed by atoms with E-state index in [1.54, 1.807) is 0 Å². The molecule has 1 aromatic carbocycles. The number of sulfonamides is 1. The van der Waals surface area contributed by atoms with E-state index in [2.05, 4.69) is 0 Å². The van der Waals surface area contributed by atoms with E-state index in [-0.39, 0.29) is 15.8 Å². The summed E-state index contributed by atoms with van der Waals surface area (Å²) in [7, 11) is -3.62. The summed E-state index contributed by atoms with van der Waals surface area (Å²) in [5.41, 5.74) is 6.00. The molecule has 1 saturated heterocycles. The zero-order chi connectivity index (χ0) is 14.2. The van der Waals surface area contributed by atoms with E-state index in [0.717, 1.165) is 12.8 Å². The Labute approximate surface area is 123 Å². The second-order valence-corrected chi connectivity index (χ2v) is 7.51. The average Bonchev–Trinajstić information content (AvgIpc) is 2.35. The highest BCUT2D eigenvalue weighted by molar-refractivity contribution is 7.89. The van der Waals surface area contributed by atoms with Crippen molar-refractivity contribution < 1.29 is 8.42 Å². The van der Waals surface area contributed by atoms with Gasteiger partial charge in [-0.25, -0.2) is 8.42 Å². The number of nitrogens with zero attached hydrogens (tertiary/aromatic N) is 1. The van der Waals surface area contributed by atoms with Crippen LogP contribution in [0.5, 0.6) is 0 Å². The van der Waals surface area contributed by atoms with Crippen LogP contribution in [0.4, 0.5) is 0 Å². The lowest BCUT2D eigenvalue weighted by Crippen LogP contribution is -2.52. The first-order valence-electron chi connectivity index (χ1n) is 6.06. The van der Waals surface area contributed by atoms with Gasteiger partial charge in [0, 0.05) is 6.54 Å². The van der Waals surface area contributed by atoms with E-state index >= 15 is 0 Å². The van der Waals surface area contributed by atoms with E-state index in [1.165, 1.54) is 22.5 Å². The van der Waals surface area contributed by atoms with Crippen molar-refractivity contribution in [3.63, 3.8) is 0 Å². The summed E-state index contributed by atoms with van der Waals surface area (Å²) in [5, 5.41) is 0.554. The van der Waals surface area contributed by atoms with E-state index < -0.39 is 16.2 Å². The molecule has 2 rings (SSSR count). The highest BCUT2D eigenvalue weighted by Crippen LogP contribution is 2.30. The third-order valence-corrected chi connectivity index (χ3v) is 6.08. The van der Waals surface area contributed by atoms with Crippen molar-refractivity contribution in [3.05, 3.63) is 28.2 Å². The summed E-state index contributed by atoms with van der Waals surface area (Å²) >= 11 is 11.7. The van der Waals surface area contributed by atoms with Gasteiger partial charge in [-0.15, -0.1) is 0 Å². The largest absolute Gasteiger partial charge is 0.315 e. The third kappa shape index (κ3) is 2.90. The first-order valence-corrected chi connectivity index (χ1v) is 8.26. The molecular formula is C12H16Cl2N2O2S. The molecule has 1 aliphatic heterocycles. The van der Waals surface area contributed by atoms with E-state index in [1.807, 2.05) is 6.92 Å². The normalized spacial score (nSPS) is 25.5. The Morgan fingerprint density at radius 2 is 2.00 bits per heavy atom. The fourth-order valence-electron chi connectivity index (χ4n) is 2.23. The quantitative estimate of drug-likeness (QED) is 0.910. The van der Waals surface area contributed by atoms with E-state index in [9.17, 15) is 8.42 Å². The van der Waals surface area contributed by atoms with Gasteiger partial charge in [-0.05, 0) is 37.0 Å². The van der Waals surface area contributed by atoms with Crippen LogP contribution in [0.25, 0.3) is 0 Å². The smallest absolute Gasteiger partial charge is 0.244 e. The van der Waals surface area contributed by atoms with Crippen LogP contribution < -0.4 is 5.73 Å². The molecule has 0 radical (unpaired) electrons. The zero-order valence-corrected chi connectivity index (χ0v) is 12.8. The number of hydrogen-bond acceptors (Lipinski definition) is 3. The Kier molecular flexibility index (Phi) is 4.42. The van der Waals surface area contributed by atoms with Crippen LogP contribution in [0, 0.1) is 5.92 Å². The van der Waals surface area contributed by atoms with Crippen LogP contribution in [0.15, 0.2) is 23.1 Å². The number of piperidine rings is 1. The molecule has 0 saturated carbocycles. The highest BCUT2D eigenvalue weighted by atomic mass is 35.5. The maximum atomic E-state index is 12.6. The molecule has 4 nitrogen and oxygen atoms in total. The second kappa shape index (κ2) is 5.58. The summed E-state index contributed by atoms with van der Waals surface area (Å²) in [4.78, 5) is 0.131. The van der Waals surface area contributed by atoms with Crippen LogP contribution in [0.1, 0.15) is 19.8 Å². The molecular weight excluding hydrogens is 307 g/mol. The van der Waals surface area contributed by atoms with Gasteiger partial charge in [0.15, 0.2) is 0 Å². The number of nitrogens with two attached hydrogens (primary N) is 1. The van der Waals surface area contributed by atoms with Crippen molar-refractivity contribution in [3.8, 4) is 0 Å². The Hall–Kier alpha value is -0.330. The monoisotopic (exact) mass is 322 g/mol. The molecule has 0 aliphatic carbocycles. The molecule has 1 fully saturated rings. The van der Waals surface area contributed by atoms with Gasteiger partial charge in [0.1, 0.15) is 0 Å². The molecule has 1 aromatic rings. The lowest BCUT2D eigenvalue weighted by atomic mass is 9.99. The van der Waals surface area contributed by atoms with Crippen molar-refractivity contribution in [1.29, 1.82) is 0 Å². The van der Waals surface area contributed by atoms with Gasteiger partial charge < -0.3 is 5.73 Å². The SMILES string of the molecule is CC1CCCN(S(=O)(=O)c2ccc(Cl)c(Cl)c2)C1N. The fourth-order valence-corrected chi connectivity index (χ4v) is 4.26. The van der Waals surface area contributed by atoms with Crippen LogP contribution >= 0.6 is 23.2 Å². The zero-order valence-electron chi connectivity index (χ0n) is 10.5. The molecule has 2 N–H and O–H groups in total. The molecule has 106 valence electrons. The average molecular weight is 323 g/mol. The van der Waals surface area contributed by atoms with Gasteiger partial charge in [0.05, 0.1) is 21.1 Å². The number of halogens is 2. The fraction of sp³-hybridized carbons (Fsp3) is 0.500. The Bertz CT molecular complexity index is 577. The molecule has 2 atom stereocenters. The predicted molar refractivity (Wildman–Crippen MR) is 76.7 cm³/mol. The molecule has 0 amide bonds. The minimum absolute atomic E-state index is 0.131.